The van der Waals surface area contributed by atoms with E-state index in [4.69, 9.17) is 0 Å². The molecule has 0 unspecified atom stereocenters. The molecule has 2 heteroatoms. The molecule has 0 spiro atoms. The van der Waals surface area contributed by atoms with Gasteiger partial charge < -0.3 is 5.32 Å². The third-order valence-electron chi connectivity index (χ3n) is 2.81. The fourth-order valence-corrected chi connectivity index (χ4v) is 3.85. The standard InChI is InChI=1S/C11H23NSi/c1-9(8-13(3,4)5)11-6-7-12-10(11)2/h10-12H,1,6-8H2,2-5H3/t10-,11-/m1/s1. The van der Waals surface area contributed by atoms with Gasteiger partial charge >= 0.3 is 0 Å². The van der Waals surface area contributed by atoms with Crippen LogP contribution in [0.5, 0.6) is 0 Å². The van der Waals surface area contributed by atoms with Gasteiger partial charge in [-0.05, 0) is 31.9 Å². The lowest BCUT2D eigenvalue weighted by Crippen LogP contribution is -2.27. The molecule has 1 aliphatic rings. The number of hydrogen-bond acceptors (Lipinski definition) is 1. The van der Waals surface area contributed by atoms with E-state index in [1.807, 2.05) is 0 Å². The topological polar surface area (TPSA) is 12.0 Å². The van der Waals surface area contributed by atoms with Gasteiger partial charge in [-0.3, -0.25) is 0 Å². The predicted molar refractivity (Wildman–Crippen MR) is 62.9 cm³/mol. The van der Waals surface area contributed by atoms with E-state index in [0.29, 0.717) is 6.04 Å². The van der Waals surface area contributed by atoms with Gasteiger partial charge in [-0.2, -0.15) is 0 Å². The molecule has 1 N–H and O–H groups in total. The Morgan fingerprint density at radius 2 is 2.08 bits per heavy atom. The smallest absolute Gasteiger partial charge is 0.0483 e. The first kappa shape index (κ1) is 11.0. The zero-order valence-electron chi connectivity index (χ0n) is 9.48. The Balaban J connectivity index is 2.48. The van der Waals surface area contributed by atoms with Gasteiger partial charge in [0, 0.05) is 14.1 Å². The molecule has 1 rings (SSSR count). The van der Waals surface area contributed by atoms with E-state index < -0.39 is 8.07 Å². The average Bonchev–Trinajstić information content (AvgIpc) is 2.30. The van der Waals surface area contributed by atoms with Crippen molar-refractivity contribution in [3.05, 3.63) is 12.2 Å². The maximum atomic E-state index is 4.27. The van der Waals surface area contributed by atoms with Crippen molar-refractivity contribution in [3.8, 4) is 0 Å². The van der Waals surface area contributed by atoms with Gasteiger partial charge in [0.25, 0.3) is 0 Å². The highest BCUT2D eigenvalue weighted by Gasteiger charge is 2.27. The molecule has 0 aromatic rings. The van der Waals surface area contributed by atoms with Gasteiger partial charge in [0.15, 0.2) is 0 Å². The normalized spacial score (nSPS) is 29.2. The summed E-state index contributed by atoms with van der Waals surface area (Å²) in [4.78, 5) is 0. The molecular formula is C11H23NSi. The molecule has 1 heterocycles. The Kier molecular flexibility index (Phi) is 3.36. The summed E-state index contributed by atoms with van der Waals surface area (Å²) in [6.45, 7) is 15.0. The molecule has 0 aromatic heterocycles. The van der Waals surface area contributed by atoms with E-state index in [-0.39, 0.29) is 0 Å². The fourth-order valence-electron chi connectivity index (χ4n) is 2.23. The molecule has 0 aliphatic carbocycles. The summed E-state index contributed by atoms with van der Waals surface area (Å²) in [5.41, 5.74) is 1.50. The molecule has 2 atom stereocenters. The van der Waals surface area contributed by atoms with Crippen molar-refractivity contribution in [1.29, 1.82) is 0 Å². The van der Waals surface area contributed by atoms with Crippen molar-refractivity contribution in [1.82, 2.24) is 5.32 Å². The van der Waals surface area contributed by atoms with Crippen molar-refractivity contribution in [3.63, 3.8) is 0 Å². The molecule has 0 saturated carbocycles. The highest BCUT2D eigenvalue weighted by molar-refractivity contribution is 6.76. The summed E-state index contributed by atoms with van der Waals surface area (Å²) in [6, 6.07) is 1.95. The second kappa shape index (κ2) is 3.97. The van der Waals surface area contributed by atoms with Crippen LogP contribution in [-0.4, -0.2) is 20.7 Å². The molecule has 13 heavy (non-hydrogen) atoms. The van der Waals surface area contributed by atoms with Crippen LogP contribution in [0.4, 0.5) is 0 Å². The first-order valence-electron chi connectivity index (χ1n) is 5.31. The molecule has 76 valence electrons. The summed E-state index contributed by atoms with van der Waals surface area (Å²) in [6.07, 6.45) is 1.30. The molecule has 1 fully saturated rings. The van der Waals surface area contributed by atoms with Gasteiger partial charge in [-0.1, -0.05) is 31.8 Å². The molecule has 1 nitrogen and oxygen atoms in total. The quantitative estimate of drug-likeness (QED) is 0.542. The Hall–Kier alpha value is -0.0831. The SMILES string of the molecule is C=C(C[Si](C)(C)C)[C@H]1CCN[C@@H]1C. The lowest BCUT2D eigenvalue weighted by Gasteiger charge is -2.24. The Morgan fingerprint density at radius 3 is 2.46 bits per heavy atom. The van der Waals surface area contributed by atoms with Crippen LogP contribution >= 0.6 is 0 Å². The van der Waals surface area contributed by atoms with Gasteiger partial charge in [0.1, 0.15) is 0 Å². The van der Waals surface area contributed by atoms with Crippen molar-refractivity contribution in [2.75, 3.05) is 6.54 Å². The van der Waals surface area contributed by atoms with Crippen molar-refractivity contribution < 1.29 is 0 Å². The van der Waals surface area contributed by atoms with Crippen LogP contribution in [0.2, 0.25) is 25.7 Å². The maximum absolute atomic E-state index is 4.27. The van der Waals surface area contributed by atoms with Gasteiger partial charge in [-0.15, -0.1) is 0 Å². The number of rotatable bonds is 3. The van der Waals surface area contributed by atoms with E-state index in [0.717, 1.165) is 5.92 Å². The van der Waals surface area contributed by atoms with Crippen LogP contribution in [0.1, 0.15) is 13.3 Å². The minimum atomic E-state index is -0.945. The molecule has 0 bridgehead atoms. The second-order valence-electron chi connectivity index (χ2n) is 5.53. The molecule has 0 aromatic carbocycles. The number of hydrogen-bond donors (Lipinski definition) is 1. The molecule has 1 aliphatic heterocycles. The zero-order chi connectivity index (χ0) is 10.1. The van der Waals surface area contributed by atoms with Crippen molar-refractivity contribution in [2.45, 2.75) is 45.1 Å². The minimum absolute atomic E-state index is 0.656. The maximum Gasteiger partial charge on any atom is 0.0483 e. The highest BCUT2D eigenvalue weighted by Crippen LogP contribution is 2.28. The molecular weight excluding hydrogens is 174 g/mol. The van der Waals surface area contributed by atoms with Crippen LogP contribution in [0.25, 0.3) is 0 Å². The van der Waals surface area contributed by atoms with Crippen molar-refractivity contribution >= 4 is 8.07 Å². The minimum Gasteiger partial charge on any atom is -0.314 e. The second-order valence-corrected chi connectivity index (χ2v) is 11.0. The Bertz CT molecular complexity index is 193. The van der Waals surface area contributed by atoms with Crippen LogP contribution in [-0.2, 0) is 0 Å². The third-order valence-corrected chi connectivity index (χ3v) is 4.32. The van der Waals surface area contributed by atoms with Gasteiger partial charge in [0.2, 0.25) is 0 Å². The monoisotopic (exact) mass is 197 g/mol. The predicted octanol–water partition coefficient (Wildman–Crippen LogP) is 2.88. The lowest BCUT2D eigenvalue weighted by atomic mass is 9.95. The summed E-state index contributed by atoms with van der Waals surface area (Å²) < 4.78 is 0. The summed E-state index contributed by atoms with van der Waals surface area (Å²) >= 11 is 0. The van der Waals surface area contributed by atoms with Gasteiger partial charge in [-0.25, -0.2) is 0 Å². The molecule has 0 radical (unpaired) electrons. The average molecular weight is 197 g/mol. The summed E-state index contributed by atoms with van der Waals surface area (Å²) in [5.74, 6) is 0.742. The largest absolute Gasteiger partial charge is 0.314 e. The van der Waals surface area contributed by atoms with E-state index >= 15 is 0 Å². The first-order chi connectivity index (χ1) is 5.90. The van der Waals surface area contributed by atoms with Gasteiger partial charge in [0.05, 0.1) is 0 Å². The van der Waals surface area contributed by atoms with Crippen LogP contribution < -0.4 is 5.32 Å². The Morgan fingerprint density at radius 1 is 1.46 bits per heavy atom. The van der Waals surface area contributed by atoms with E-state index in [2.05, 4.69) is 38.5 Å². The zero-order valence-corrected chi connectivity index (χ0v) is 10.5. The summed E-state index contributed by atoms with van der Waals surface area (Å²) in [7, 11) is -0.945. The van der Waals surface area contributed by atoms with E-state index in [1.54, 1.807) is 0 Å². The number of nitrogens with one attached hydrogen (secondary N) is 1. The van der Waals surface area contributed by atoms with E-state index in [1.165, 1.54) is 24.6 Å². The van der Waals surface area contributed by atoms with E-state index in [9.17, 15) is 0 Å². The first-order valence-corrected chi connectivity index (χ1v) is 9.02. The van der Waals surface area contributed by atoms with Crippen LogP contribution in [0.15, 0.2) is 12.2 Å². The van der Waals surface area contributed by atoms with Crippen LogP contribution in [0.3, 0.4) is 0 Å². The van der Waals surface area contributed by atoms with Crippen molar-refractivity contribution in [2.24, 2.45) is 5.92 Å². The highest BCUT2D eigenvalue weighted by atomic mass is 28.3. The van der Waals surface area contributed by atoms with Crippen LogP contribution in [0, 0.1) is 5.92 Å². The Labute approximate surface area is 83.6 Å². The summed E-state index contributed by atoms with van der Waals surface area (Å²) in [5, 5.41) is 3.49. The fraction of sp³-hybridized carbons (Fsp3) is 0.818. The molecule has 0 amide bonds. The lowest BCUT2D eigenvalue weighted by molar-refractivity contribution is 0.542. The molecule has 1 saturated heterocycles. The third kappa shape index (κ3) is 3.28.